The molecule has 3 aromatic heterocycles. The maximum atomic E-state index is 12.7. The van der Waals surface area contributed by atoms with Crippen molar-refractivity contribution < 1.29 is 17.2 Å². The molecule has 144 valence electrons. The number of hydrogen-bond donors (Lipinski definition) is 1. The Bertz CT molecular complexity index is 1310. The summed E-state index contributed by atoms with van der Waals surface area (Å²) in [6.07, 6.45) is 3.80. The summed E-state index contributed by atoms with van der Waals surface area (Å²) in [5.41, 5.74) is 0.279. The topological polar surface area (TPSA) is 116 Å². The molecule has 4 aromatic rings. The first-order chi connectivity index (χ1) is 13.4. The normalized spacial score (nSPS) is 12.1. The van der Waals surface area contributed by atoms with Gasteiger partial charge in [-0.15, -0.1) is 0 Å². The van der Waals surface area contributed by atoms with Crippen LogP contribution >= 0.6 is 0 Å². The summed E-state index contributed by atoms with van der Waals surface area (Å²) in [5, 5.41) is 14.0. The number of benzene rings is 1. The largest absolute Gasteiger partial charge is 0.333 e. The number of fused-ring (bicyclic) bond motifs is 1. The monoisotopic (exact) mass is 406 g/mol. The van der Waals surface area contributed by atoms with Gasteiger partial charge in [-0.3, -0.25) is 9.89 Å². The average molecular weight is 406 g/mol. The van der Waals surface area contributed by atoms with Crippen LogP contribution in [0.2, 0.25) is 0 Å². The number of hydrogen-bond acceptors (Lipinski definition) is 6. The van der Waals surface area contributed by atoms with Crippen molar-refractivity contribution in [2.24, 2.45) is 0 Å². The minimum Gasteiger partial charge on any atom is -0.281 e. The van der Waals surface area contributed by atoms with Crippen LogP contribution in [-0.4, -0.2) is 38.2 Å². The molecular weight excluding hydrogens is 394 g/mol. The predicted molar refractivity (Wildman–Crippen MR) is 92.6 cm³/mol. The second kappa shape index (κ2) is 6.64. The fourth-order valence-corrected chi connectivity index (χ4v) is 3.89. The summed E-state index contributed by atoms with van der Waals surface area (Å²) < 4.78 is 52.1. The minimum absolute atomic E-state index is 0.174. The molecule has 0 amide bonds. The highest BCUT2D eigenvalue weighted by atomic mass is 32.2. The van der Waals surface area contributed by atoms with Gasteiger partial charge in [0.25, 0.3) is 5.56 Å². The minimum atomic E-state index is -4.12. The van der Waals surface area contributed by atoms with Crippen LogP contribution in [0.15, 0.2) is 63.6 Å². The third kappa shape index (κ3) is 3.07. The van der Waals surface area contributed by atoms with E-state index in [1.54, 1.807) is 12.3 Å². The molecule has 0 atom stereocenters. The highest BCUT2D eigenvalue weighted by Gasteiger charge is 2.23. The lowest BCUT2D eigenvalue weighted by Gasteiger charge is -2.07. The second-order valence-corrected chi connectivity index (χ2v) is 7.75. The Labute approximate surface area is 156 Å². The Morgan fingerprint density at radius 1 is 1.18 bits per heavy atom. The van der Waals surface area contributed by atoms with Crippen molar-refractivity contribution in [3.63, 3.8) is 0 Å². The third-order valence-corrected chi connectivity index (χ3v) is 5.72. The molecule has 0 saturated carbocycles. The molecule has 0 unspecified atom stereocenters. The van der Waals surface area contributed by atoms with Crippen LogP contribution in [0.5, 0.6) is 0 Å². The first-order valence-corrected chi connectivity index (χ1v) is 9.41. The number of rotatable bonds is 5. The van der Waals surface area contributed by atoms with Crippen LogP contribution in [0.3, 0.4) is 0 Å². The van der Waals surface area contributed by atoms with E-state index in [1.165, 1.54) is 29.1 Å². The van der Waals surface area contributed by atoms with Crippen LogP contribution < -0.4 is 5.56 Å². The lowest BCUT2D eigenvalue weighted by Crippen LogP contribution is -2.23. The van der Waals surface area contributed by atoms with E-state index in [9.17, 15) is 22.0 Å². The van der Waals surface area contributed by atoms with E-state index < -0.39 is 27.0 Å². The number of nitrogens with one attached hydrogen (secondary N) is 1. The number of nitrogens with zero attached hydrogens (tertiary/aromatic N) is 5. The maximum Gasteiger partial charge on any atom is 0.333 e. The molecule has 0 spiro atoms. The van der Waals surface area contributed by atoms with E-state index in [2.05, 4.69) is 20.4 Å². The fraction of sp³-hybridized carbons (Fsp3) is 0.125. The molecule has 1 N–H and O–H groups in total. The van der Waals surface area contributed by atoms with Crippen LogP contribution in [0.1, 0.15) is 12.2 Å². The van der Waals surface area contributed by atoms with Gasteiger partial charge < -0.3 is 0 Å². The Morgan fingerprint density at radius 3 is 2.68 bits per heavy atom. The number of alkyl halides is 2. The van der Waals surface area contributed by atoms with Gasteiger partial charge >= 0.3 is 6.55 Å². The Kier molecular flexibility index (Phi) is 4.26. The van der Waals surface area contributed by atoms with Gasteiger partial charge in [0, 0.05) is 17.8 Å². The number of aromatic nitrogens is 6. The van der Waals surface area contributed by atoms with Gasteiger partial charge in [-0.2, -0.15) is 24.1 Å². The van der Waals surface area contributed by atoms with Gasteiger partial charge in [0.2, 0.25) is 9.84 Å². The number of H-pyrrole nitrogens is 1. The maximum absolute atomic E-state index is 12.7. The van der Waals surface area contributed by atoms with E-state index in [1.807, 2.05) is 0 Å². The second-order valence-electron chi connectivity index (χ2n) is 5.85. The first-order valence-electron chi connectivity index (χ1n) is 7.93. The molecule has 28 heavy (non-hydrogen) atoms. The summed E-state index contributed by atoms with van der Waals surface area (Å²) in [5.74, 6) is 0. The van der Waals surface area contributed by atoms with Crippen molar-refractivity contribution >= 4 is 20.6 Å². The first kappa shape index (κ1) is 18.0. The van der Waals surface area contributed by atoms with Gasteiger partial charge in [-0.1, -0.05) is 0 Å². The molecule has 0 aliphatic heterocycles. The van der Waals surface area contributed by atoms with Crippen molar-refractivity contribution in [2.75, 3.05) is 0 Å². The standard InChI is InChI=1S/C16H12F2N6O3S/c17-16(18)23-6-4-14(22-23)28(26,27)12-1-2-13-10(7-12)8-20-24(15(13)25)9-11-3-5-19-21-11/h1-8,16H,9H2,(H,19,21). The predicted octanol–water partition coefficient (Wildman–Crippen LogP) is 1.59. The van der Waals surface area contributed by atoms with E-state index in [0.717, 1.165) is 12.3 Å². The summed E-state index contributed by atoms with van der Waals surface area (Å²) >= 11 is 0. The zero-order valence-corrected chi connectivity index (χ0v) is 14.8. The van der Waals surface area contributed by atoms with Crippen molar-refractivity contribution in [3.05, 3.63) is 65.0 Å². The number of halogens is 2. The Morgan fingerprint density at radius 2 is 2.00 bits per heavy atom. The van der Waals surface area contributed by atoms with Crippen LogP contribution in [0, 0.1) is 0 Å². The molecular formula is C16H12F2N6O3S. The summed E-state index contributed by atoms with van der Waals surface area (Å²) in [6, 6.07) is 6.56. The lowest BCUT2D eigenvalue weighted by molar-refractivity contribution is 0.0553. The van der Waals surface area contributed by atoms with E-state index in [-0.39, 0.29) is 21.5 Å². The Hall–Kier alpha value is -3.41. The summed E-state index contributed by atoms with van der Waals surface area (Å²) in [7, 11) is -4.12. The molecule has 1 aromatic carbocycles. The fourth-order valence-electron chi connectivity index (χ4n) is 2.67. The molecule has 9 nitrogen and oxygen atoms in total. The quantitative estimate of drug-likeness (QED) is 0.538. The van der Waals surface area contributed by atoms with E-state index in [0.29, 0.717) is 11.1 Å². The molecule has 0 bridgehead atoms. The molecule has 0 fully saturated rings. The van der Waals surface area contributed by atoms with Gasteiger partial charge in [0.15, 0.2) is 5.03 Å². The van der Waals surface area contributed by atoms with Crippen molar-refractivity contribution in [1.29, 1.82) is 0 Å². The van der Waals surface area contributed by atoms with Gasteiger partial charge in [-0.25, -0.2) is 17.8 Å². The van der Waals surface area contributed by atoms with Crippen LogP contribution in [-0.2, 0) is 16.4 Å². The highest BCUT2D eigenvalue weighted by Crippen LogP contribution is 2.23. The summed E-state index contributed by atoms with van der Waals surface area (Å²) in [6.45, 7) is -2.77. The lowest BCUT2D eigenvalue weighted by atomic mass is 10.2. The molecule has 3 heterocycles. The molecule has 0 saturated heterocycles. The van der Waals surface area contributed by atoms with Crippen molar-refractivity contribution in [3.8, 4) is 0 Å². The summed E-state index contributed by atoms with van der Waals surface area (Å²) in [4.78, 5) is 12.4. The van der Waals surface area contributed by atoms with Gasteiger partial charge in [-0.05, 0) is 30.3 Å². The zero-order valence-electron chi connectivity index (χ0n) is 14.0. The third-order valence-electron chi connectivity index (χ3n) is 4.07. The van der Waals surface area contributed by atoms with Crippen LogP contribution in [0.25, 0.3) is 10.8 Å². The van der Waals surface area contributed by atoms with Crippen molar-refractivity contribution in [2.45, 2.75) is 23.0 Å². The van der Waals surface area contributed by atoms with Crippen LogP contribution in [0.4, 0.5) is 8.78 Å². The zero-order chi connectivity index (χ0) is 19.9. The average Bonchev–Trinajstić information content (AvgIpc) is 3.36. The molecule has 0 radical (unpaired) electrons. The van der Waals surface area contributed by atoms with E-state index >= 15 is 0 Å². The molecule has 4 rings (SSSR count). The number of aromatic amines is 1. The number of sulfone groups is 1. The molecule has 0 aliphatic rings. The van der Waals surface area contributed by atoms with E-state index in [4.69, 9.17) is 0 Å². The smallest absolute Gasteiger partial charge is 0.281 e. The SMILES string of the molecule is O=c1c2ccc(S(=O)(=O)c3ccn(C(F)F)n3)cc2cnn1Cc1ccn[nH]1. The Balaban J connectivity index is 1.74. The highest BCUT2D eigenvalue weighted by molar-refractivity contribution is 7.91. The molecule has 0 aliphatic carbocycles. The molecule has 12 heteroatoms. The van der Waals surface area contributed by atoms with Crippen molar-refractivity contribution in [1.82, 2.24) is 29.8 Å². The van der Waals surface area contributed by atoms with Gasteiger partial charge in [0.05, 0.1) is 28.7 Å². The van der Waals surface area contributed by atoms with Gasteiger partial charge in [0.1, 0.15) is 0 Å².